The van der Waals surface area contributed by atoms with Crippen LogP contribution in [0, 0.1) is 0 Å². The quantitative estimate of drug-likeness (QED) is 0.184. The number of aromatic amines is 2. The molecule has 0 unspecified atom stereocenters. The van der Waals surface area contributed by atoms with E-state index in [4.69, 9.17) is 13.9 Å². The first-order valence-electron chi connectivity index (χ1n) is 16.8. The van der Waals surface area contributed by atoms with E-state index >= 15 is 0 Å². The smallest absolute Gasteiger partial charge is 0.410 e. The second-order valence-electron chi connectivity index (χ2n) is 14.9. The van der Waals surface area contributed by atoms with Crippen molar-refractivity contribution in [2.45, 2.75) is 90.5 Å². The number of aromatic nitrogens is 4. The molecule has 5 aromatic rings. The first-order valence-corrected chi connectivity index (χ1v) is 16.8. The lowest BCUT2D eigenvalue weighted by atomic mass is 10.1. The van der Waals surface area contributed by atoms with Crippen molar-refractivity contribution >= 4 is 34.1 Å². The number of fused-ring (bicyclic) bond motifs is 2. The molecule has 2 amide bonds. The van der Waals surface area contributed by atoms with E-state index in [1.807, 2.05) is 65.8 Å². The van der Waals surface area contributed by atoms with Gasteiger partial charge in [-0.25, -0.2) is 19.6 Å². The van der Waals surface area contributed by atoms with Gasteiger partial charge in [-0.05, 0) is 97.6 Å². The van der Waals surface area contributed by atoms with Gasteiger partial charge in [0, 0.05) is 24.2 Å². The van der Waals surface area contributed by atoms with Crippen LogP contribution in [-0.2, 0) is 9.47 Å². The van der Waals surface area contributed by atoms with Crippen LogP contribution in [0.2, 0.25) is 0 Å². The number of hydrogen-bond acceptors (Lipinski definition) is 8. The third-order valence-corrected chi connectivity index (χ3v) is 8.88. The molecule has 2 aromatic carbocycles. The Morgan fingerprint density at radius 3 is 1.78 bits per heavy atom. The highest BCUT2D eigenvalue weighted by atomic mass is 16.6. The van der Waals surface area contributed by atoms with Gasteiger partial charge in [-0.3, -0.25) is 14.6 Å². The van der Waals surface area contributed by atoms with E-state index in [0.29, 0.717) is 46.7 Å². The highest BCUT2D eigenvalue weighted by Crippen LogP contribution is 2.35. The fraction of sp³-hybridized carbons (Fsp3) is 0.432. The maximum absolute atomic E-state index is 13.7. The van der Waals surface area contributed by atoms with E-state index in [0.717, 1.165) is 48.2 Å². The molecule has 2 fully saturated rings. The molecule has 2 aliphatic heterocycles. The van der Waals surface area contributed by atoms with Crippen LogP contribution in [0.15, 0.2) is 58.0 Å². The average Bonchev–Trinajstić information content (AvgIpc) is 3.85. The van der Waals surface area contributed by atoms with Crippen LogP contribution in [0.4, 0.5) is 9.59 Å². The normalized spacial score (nSPS) is 18.5. The molecule has 12 heteroatoms. The lowest BCUT2D eigenvalue weighted by molar-refractivity contribution is 0.0208. The number of benzene rings is 2. The SMILES string of the molecule is CC(C)(C)OC(=O)N1CCC[C@H]1c1ncc(-c2ccc3c(=O)c4cc(-c5cnc([C@@H]6CCCN6C(=O)OC(C)(C)C)[nH]5)ccc4oc3c2)[nH]1. The Labute approximate surface area is 283 Å². The lowest BCUT2D eigenvalue weighted by Crippen LogP contribution is -2.36. The Bertz CT molecular complexity index is 2120. The largest absolute Gasteiger partial charge is 0.456 e. The predicted octanol–water partition coefficient (Wildman–Crippen LogP) is 7.87. The summed E-state index contributed by atoms with van der Waals surface area (Å²) < 4.78 is 17.5. The van der Waals surface area contributed by atoms with Gasteiger partial charge in [-0.2, -0.15) is 0 Å². The van der Waals surface area contributed by atoms with Crippen LogP contribution in [0.1, 0.15) is 91.0 Å². The molecule has 2 atom stereocenters. The molecule has 0 aliphatic carbocycles. The second-order valence-corrected chi connectivity index (χ2v) is 14.9. The number of rotatable bonds is 4. The number of H-pyrrole nitrogens is 2. The van der Waals surface area contributed by atoms with Crippen LogP contribution < -0.4 is 5.43 Å². The van der Waals surface area contributed by atoms with Crippen molar-refractivity contribution in [1.82, 2.24) is 29.7 Å². The molecule has 12 nitrogen and oxygen atoms in total. The van der Waals surface area contributed by atoms with Crippen molar-refractivity contribution in [3.8, 4) is 22.5 Å². The molecule has 0 spiro atoms. The van der Waals surface area contributed by atoms with Crippen LogP contribution in [0.3, 0.4) is 0 Å². The van der Waals surface area contributed by atoms with Crippen LogP contribution in [0.5, 0.6) is 0 Å². The van der Waals surface area contributed by atoms with Crippen LogP contribution in [-0.4, -0.2) is 66.2 Å². The van der Waals surface area contributed by atoms with E-state index in [1.54, 1.807) is 34.3 Å². The Hall–Kier alpha value is -5.13. The zero-order valence-electron chi connectivity index (χ0n) is 28.8. The van der Waals surface area contributed by atoms with Crippen molar-refractivity contribution in [3.63, 3.8) is 0 Å². The number of ether oxygens (including phenoxy) is 2. The number of carbonyl (C=O) groups excluding carboxylic acids is 2. The number of nitrogens with one attached hydrogen (secondary N) is 2. The van der Waals surface area contributed by atoms with Crippen molar-refractivity contribution < 1.29 is 23.5 Å². The standard InChI is InChI=1S/C37H42N6O6/c1-36(2,3)48-34(45)42-15-7-9-27(42)32-38-19-25(40-32)21-12-14-29-24(17-21)31(44)23-13-11-22(18-30(23)47-29)26-20-39-33(41-26)28-10-8-16-43(28)35(46)49-37(4,5)6/h11-14,17-20,27-28H,7-10,15-16H2,1-6H3,(H,38,40)(H,39,41)/t27-,28-/m0/s1. The second kappa shape index (κ2) is 12.1. The monoisotopic (exact) mass is 666 g/mol. The maximum Gasteiger partial charge on any atom is 0.410 e. The predicted molar refractivity (Wildman–Crippen MR) is 185 cm³/mol. The number of carbonyl (C=O) groups is 2. The van der Waals surface area contributed by atoms with Gasteiger partial charge < -0.3 is 23.9 Å². The van der Waals surface area contributed by atoms with E-state index in [9.17, 15) is 14.4 Å². The molecule has 0 bridgehead atoms. The summed E-state index contributed by atoms with van der Waals surface area (Å²) in [6, 6.07) is 10.6. The van der Waals surface area contributed by atoms with Gasteiger partial charge >= 0.3 is 12.2 Å². The summed E-state index contributed by atoms with van der Waals surface area (Å²) in [6.45, 7) is 12.4. The minimum atomic E-state index is -0.582. The lowest BCUT2D eigenvalue weighted by Gasteiger charge is -2.27. The summed E-state index contributed by atoms with van der Waals surface area (Å²) in [6.07, 6.45) is 6.08. The Balaban J connectivity index is 1.13. The number of likely N-dealkylation sites (tertiary alicyclic amines) is 2. The Kier molecular flexibility index (Phi) is 7.99. The van der Waals surface area contributed by atoms with Crippen molar-refractivity contribution in [2.75, 3.05) is 13.1 Å². The molecule has 49 heavy (non-hydrogen) atoms. The molecule has 0 saturated carbocycles. The minimum Gasteiger partial charge on any atom is -0.456 e. The molecule has 3 aromatic heterocycles. The van der Waals surface area contributed by atoms with Crippen LogP contribution >= 0.6 is 0 Å². The molecule has 2 saturated heterocycles. The molecule has 7 rings (SSSR count). The summed E-state index contributed by atoms with van der Waals surface area (Å²) in [7, 11) is 0. The molecule has 2 aliphatic rings. The van der Waals surface area contributed by atoms with Crippen molar-refractivity contribution in [1.29, 1.82) is 0 Å². The van der Waals surface area contributed by atoms with E-state index in [2.05, 4.69) is 19.9 Å². The summed E-state index contributed by atoms with van der Waals surface area (Å²) in [5.74, 6) is 1.38. The molecular formula is C37H42N6O6. The van der Waals surface area contributed by atoms with Gasteiger partial charge in [0.25, 0.3) is 0 Å². The van der Waals surface area contributed by atoms with Gasteiger partial charge in [0.1, 0.15) is 34.0 Å². The third-order valence-electron chi connectivity index (χ3n) is 8.88. The molecule has 256 valence electrons. The summed E-state index contributed by atoms with van der Waals surface area (Å²) in [4.78, 5) is 58.8. The summed E-state index contributed by atoms with van der Waals surface area (Å²) in [5, 5.41) is 0.918. The van der Waals surface area contributed by atoms with E-state index < -0.39 is 11.2 Å². The van der Waals surface area contributed by atoms with Crippen molar-refractivity contribution in [2.24, 2.45) is 0 Å². The topological polar surface area (TPSA) is 147 Å². The fourth-order valence-corrected chi connectivity index (χ4v) is 6.67. The number of nitrogens with zero attached hydrogens (tertiary/aromatic N) is 4. The van der Waals surface area contributed by atoms with Gasteiger partial charge in [0.15, 0.2) is 0 Å². The van der Waals surface area contributed by atoms with Crippen LogP contribution in [0.25, 0.3) is 44.5 Å². The van der Waals surface area contributed by atoms with Gasteiger partial charge in [0.2, 0.25) is 5.43 Å². The van der Waals surface area contributed by atoms with Gasteiger partial charge in [0.05, 0.1) is 46.6 Å². The third kappa shape index (κ3) is 6.51. The molecular weight excluding hydrogens is 624 g/mol. The zero-order valence-corrected chi connectivity index (χ0v) is 28.8. The Morgan fingerprint density at radius 1 is 0.735 bits per heavy atom. The molecule has 5 heterocycles. The van der Waals surface area contributed by atoms with Gasteiger partial charge in [-0.15, -0.1) is 0 Å². The summed E-state index contributed by atoms with van der Waals surface area (Å²) in [5.41, 5.74) is 2.72. The average molecular weight is 667 g/mol. The first-order chi connectivity index (χ1) is 23.2. The Morgan fingerprint density at radius 2 is 1.24 bits per heavy atom. The molecule has 0 radical (unpaired) electrons. The number of amides is 2. The minimum absolute atomic E-state index is 0.138. The summed E-state index contributed by atoms with van der Waals surface area (Å²) >= 11 is 0. The highest BCUT2D eigenvalue weighted by molar-refractivity contribution is 5.93. The highest BCUT2D eigenvalue weighted by Gasteiger charge is 2.36. The number of imidazole rings is 2. The van der Waals surface area contributed by atoms with E-state index in [1.165, 1.54) is 0 Å². The zero-order chi connectivity index (χ0) is 34.7. The number of hydrogen-bond donors (Lipinski definition) is 2. The maximum atomic E-state index is 13.7. The van der Waals surface area contributed by atoms with Gasteiger partial charge in [-0.1, -0.05) is 6.07 Å². The van der Waals surface area contributed by atoms with E-state index in [-0.39, 0.29) is 29.7 Å². The molecule has 2 N–H and O–H groups in total. The first kappa shape index (κ1) is 32.4. The fourth-order valence-electron chi connectivity index (χ4n) is 6.67. The van der Waals surface area contributed by atoms with Crippen molar-refractivity contribution in [3.05, 3.63) is 70.7 Å².